The van der Waals surface area contributed by atoms with E-state index in [9.17, 15) is 18.9 Å². The second-order valence-electron chi connectivity index (χ2n) is 2.54. The number of nitro groups is 1. The minimum absolute atomic E-state index is 0.154. The summed E-state index contributed by atoms with van der Waals surface area (Å²) in [4.78, 5) is 9.56. The van der Waals surface area contributed by atoms with Crippen LogP contribution in [0.25, 0.3) is 0 Å². The lowest BCUT2D eigenvalue weighted by Gasteiger charge is -2.11. The molecule has 0 spiro atoms. The van der Waals surface area contributed by atoms with Gasteiger partial charge in [0.05, 0.1) is 15.0 Å². The van der Waals surface area contributed by atoms with Gasteiger partial charge in [-0.15, -0.1) is 8.78 Å². The van der Waals surface area contributed by atoms with Crippen molar-refractivity contribution in [2.75, 3.05) is 0 Å². The van der Waals surface area contributed by atoms with Crippen molar-refractivity contribution < 1.29 is 18.4 Å². The van der Waals surface area contributed by atoms with Gasteiger partial charge in [0.15, 0.2) is 0 Å². The molecule has 0 aliphatic heterocycles. The van der Waals surface area contributed by atoms with E-state index in [2.05, 4.69) is 16.3 Å². The zero-order chi connectivity index (χ0) is 12.5. The van der Waals surface area contributed by atoms with Crippen LogP contribution in [0.2, 0.25) is 10.0 Å². The van der Waals surface area contributed by atoms with Crippen molar-refractivity contribution in [3.05, 3.63) is 32.3 Å². The first-order valence-electron chi connectivity index (χ1n) is 3.60. The van der Waals surface area contributed by atoms with Crippen molar-refractivity contribution in [3.63, 3.8) is 0 Å². The first-order valence-corrected chi connectivity index (χ1v) is 4.73. The fraction of sp³-hybridized carbons (Fsp3) is 0.143. The van der Waals surface area contributed by atoms with Gasteiger partial charge in [-0.2, -0.15) is 0 Å². The lowest BCUT2D eigenvalue weighted by molar-refractivity contribution is -0.386. The Balaban J connectivity index is 3.25. The van der Waals surface area contributed by atoms with Crippen LogP contribution in [0.3, 0.4) is 0 Å². The van der Waals surface area contributed by atoms with Gasteiger partial charge in [0.2, 0.25) is 5.75 Å². The van der Waals surface area contributed by atoms with Crippen LogP contribution < -0.4 is 4.74 Å². The second kappa shape index (κ2) is 4.57. The van der Waals surface area contributed by atoms with E-state index in [-0.39, 0.29) is 10.0 Å². The van der Waals surface area contributed by atoms with E-state index in [1.807, 2.05) is 0 Å². The van der Waals surface area contributed by atoms with Gasteiger partial charge in [0.25, 0.3) is 0 Å². The topological polar surface area (TPSA) is 52.4 Å². The Kier molecular flexibility index (Phi) is 3.77. The second-order valence-corrected chi connectivity index (χ2v) is 3.79. The quantitative estimate of drug-likeness (QED) is 0.479. The van der Waals surface area contributed by atoms with E-state index < -0.39 is 21.9 Å². The Labute approximate surface area is 103 Å². The minimum atomic E-state index is -4.07. The van der Waals surface area contributed by atoms with Crippen LogP contribution in [-0.4, -0.2) is 10.5 Å². The molecule has 0 saturated heterocycles. The molecule has 0 unspecified atom stereocenters. The highest BCUT2D eigenvalue weighted by Gasteiger charge is 2.32. The van der Waals surface area contributed by atoms with Gasteiger partial charge in [-0.3, -0.25) is 10.1 Å². The molecule has 0 atom stereocenters. The van der Waals surface area contributed by atoms with Crippen LogP contribution >= 0.6 is 34.8 Å². The number of nitrogens with zero attached hydrogens (tertiary/aromatic N) is 1. The average molecular weight is 292 g/mol. The summed E-state index contributed by atoms with van der Waals surface area (Å²) in [5.41, 5.74) is -4.82. The monoisotopic (exact) mass is 291 g/mol. The number of alkyl halides is 3. The average Bonchev–Trinajstić information content (AvgIpc) is 2.07. The summed E-state index contributed by atoms with van der Waals surface area (Å²) in [7, 11) is 0. The third-order valence-electron chi connectivity index (χ3n) is 1.42. The maximum Gasteiger partial charge on any atom is 0.487 e. The molecule has 16 heavy (non-hydrogen) atoms. The molecule has 1 aromatic carbocycles. The molecule has 0 aromatic heterocycles. The molecule has 0 heterocycles. The Morgan fingerprint density at radius 2 is 1.81 bits per heavy atom. The molecule has 88 valence electrons. The van der Waals surface area contributed by atoms with Crippen LogP contribution in [0.1, 0.15) is 0 Å². The van der Waals surface area contributed by atoms with E-state index in [4.69, 9.17) is 23.2 Å². The Hall–Kier alpha value is -0.850. The lowest BCUT2D eigenvalue weighted by atomic mass is 10.3. The highest BCUT2D eigenvalue weighted by Crippen LogP contribution is 2.38. The van der Waals surface area contributed by atoms with Crippen molar-refractivity contribution in [2.45, 2.75) is 5.57 Å². The number of halogens is 5. The molecule has 1 rings (SSSR count). The molecule has 0 saturated carbocycles. The molecule has 9 heteroatoms. The zero-order valence-electron chi connectivity index (χ0n) is 7.22. The summed E-state index contributed by atoms with van der Waals surface area (Å²) >= 11 is 15.5. The molecule has 0 aliphatic rings. The van der Waals surface area contributed by atoms with Gasteiger partial charge in [0, 0.05) is 23.7 Å². The fourth-order valence-electron chi connectivity index (χ4n) is 0.867. The van der Waals surface area contributed by atoms with Crippen LogP contribution in [-0.2, 0) is 0 Å². The largest absolute Gasteiger partial charge is 0.487 e. The molecule has 1 aromatic rings. The Morgan fingerprint density at radius 3 is 2.25 bits per heavy atom. The smallest absolute Gasteiger partial charge is 0.413 e. The molecular weight excluding hydrogens is 290 g/mol. The lowest BCUT2D eigenvalue weighted by Crippen LogP contribution is -2.16. The normalized spacial score (nSPS) is 11.3. The molecule has 0 N–H and O–H groups in total. The Morgan fingerprint density at radius 1 is 1.31 bits per heavy atom. The summed E-state index contributed by atoms with van der Waals surface area (Å²) in [6.45, 7) is 0. The molecule has 0 radical (unpaired) electrons. The van der Waals surface area contributed by atoms with Crippen LogP contribution in [0, 0.1) is 10.1 Å². The highest BCUT2D eigenvalue weighted by atomic mass is 35.5. The van der Waals surface area contributed by atoms with Crippen LogP contribution in [0.15, 0.2) is 12.1 Å². The number of nitro benzene ring substituents is 1. The minimum Gasteiger partial charge on any atom is -0.413 e. The highest BCUT2D eigenvalue weighted by molar-refractivity contribution is 6.42. The fourth-order valence-corrected chi connectivity index (χ4v) is 1.26. The summed E-state index contributed by atoms with van der Waals surface area (Å²) < 4.78 is 28.5. The van der Waals surface area contributed by atoms with E-state index >= 15 is 0 Å². The van der Waals surface area contributed by atoms with Crippen molar-refractivity contribution in [3.8, 4) is 5.75 Å². The molecular formula is C7H2Cl3F2NO3. The Bertz CT molecular complexity index is 436. The van der Waals surface area contributed by atoms with Crippen molar-refractivity contribution in [1.29, 1.82) is 0 Å². The number of ether oxygens (including phenoxy) is 1. The predicted molar refractivity (Wildman–Crippen MR) is 54.5 cm³/mol. The van der Waals surface area contributed by atoms with Gasteiger partial charge in [-0.05, 0) is 0 Å². The van der Waals surface area contributed by atoms with E-state index in [1.165, 1.54) is 0 Å². The number of benzene rings is 1. The third-order valence-corrected chi connectivity index (χ3v) is 2.22. The van der Waals surface area contributed by atoms with Crippen molar-refractivity contribution in [2.24, 2.45) is 0 Å². The van der Waals surface area contributed by atoms with Crippen molar-refractivity contribution in [1.82, 2.24) is 0 Å². The van der Waals surface area contributed by atoms with Gasteiger partial charge in [-0.25, -0.2) is 0 Å². The summed E-state index contributed by atoms with van der Waals surface area (Å²) in [5.74, 6) is -0.764. The van der Waals surface area contributed by atoms with Gasteiger partial charge in [-0.1, -0.05) is 23.2 Å². The first-order chi connectivity index (χ1) is 7.20. The number of rotatable bonds is 3. The molecule has 0 fully saturated rings. The van der Waals surface area contributed by atoms with Gasteiger partial charge >= 0.3 is 11.3 Å². The summed E-state index contributed by atoms with van der Waals surface area (Å²) in [5, 5.41) is 10.2. The summed E-state index contributed by atoms with van der Waals surface area (Å²) in [6, 6.07) is 1.58. The zero-order valence-corrected chi connectivity index (χ0v) is 9.48. The standard InChI is InChI=1S/C7H2Cl3F2NO3/c8-3-1-5(13(14)15)6(2-4(3)9)16-7(10,11)12/h1-2H. The third kappa shape index (κ3) is 3.33. The number of hydrogen-bond acceptors (Lipinski definition) is 3. The summed E-state index contributed by atoms with van der Waals surface area (Å²) in [6.07, 6.45) is 0. The van der Waals surface area contributed by atoms with E-state index in [0.29, 0.717) is 0 Å². The van der Waals surface area contributed by atoms with E-state index in [1.54, 1.807) is 0 Å². The molecule has 4 nitrogen and oxygen atoms in total. The van der Waals surface area contributed by atoms with Crippen molar-refractivity contribution >= 4 is 40.5 Å². The van der Waals surface area contributed by atoms with Gasteiger partial charge in [0.1, 0.15) is 0 Å². The predicted octanol–water partition coefficient (Wildman–Crippen LogP) is 4.07. The maximum atomic E-state index is 12.3. The SMILES string of the molecule is O=[N+]([O-])c1cc(Cl)c(Cl)cc1OC(F)(F)Cl. The van der Waals surface area contributed by atoms with Gasteiger partial charge < -0.3 is 4.74 Å². The molecule has 0 aliphatic carbocycles. The molecule has 0 bridgehead atoms. The number of hydrogen-bond donors (Lipinski definition) is 0. The maximum absolute atomic E-state index is 12.3. The van der Waals surface area contributed by atoms with E-state index in [0.717, 1.165) is 12.1 Å². The molecule has 0 amide bonds. The van der Waals surface area contributed by atoms with Crippen LogP contribution in [0.4, 0.5) is 14.5 Å². The van der Waals surface area contributed by atoms with Crippen LogP contribution in [0.5, 0.6) is 5.75 Å². The first kappa shape index (κ1) is 13.2.